The molecule has 4 rings (SSSR count). The Morgan fingerprint density at radius 3 is 2.42 bits per heavy atom. The molecule has 6 heteroatoms. The fourth-order valence-electron chi connectivity index (χ4n) is 4.20. The summed E-state index contributed by atoms with van der Waals surface area (Å²) in [5.74, 6) is 0.398. The molecule has 2 saturated heterocycles. The second-order valence-electron chi connectivity index (χ2n) is 7.45. The quantitative estimate of drug-likeness (QED) is 0.902. The zero-order valence-electron chi connectivity index (χ0n) is 15.1. The molecule has 3 heterocycles. The van der Waals surface area contributed by atoms with Crippen LogP contribution in [0.15, 0.2) is 24.4 Å². The van der Waals surface area contributed by atoms with Gasteiger partial charge in [-0.25, -0.2) is 0 Å². The van der Waals surface area contributed by atoms with E-state index in [2.05, 4.69) is 15.1 Å². The van der Waals surface area contributed by atoms with Crippen molar-refractivity contribution in [3.8, 4) is 0 Å². The molecule has 2 fully saturated rings. The smallest absolute Gasteiger partial charge is 0.256 e. The van der Waals surface area contributed by atoms with E-state index in [4.69, 9.17) is 0 Å². The molecule has 0 aliphatic carbocycles. The number of nitrogens with one attached hydrogen (secondary N) is 1. The third kappa shape index (κ3) is 3.32. The van der Waals surface area contributed by atoms with E-state index in [-0.39, 0.29) is 11.8 Å². The predicted molar refractivity (Wildman–Crippen MR) is 99.8 cm³/mol. The largest absolute Gasteiger partial charge is 0.342 e. The number of likely N-dealkylation sites (tertiary alicyclic amines) is 2. The van der Waals surface area contributed by atoms with E-state index < -0.39 is 0 Å². The summed E-state index contributed by atoms with van der Waals surface area (Å²) >= 11 is 0. The highest BCUT2D eigenvalue weighted by molar-refractivity contribution is 6.05. The van der Waals surface area contributed by atoms with E-state index >= 15 is 0 Å². The van der Waals surface area contributed by atoms with Gasteiger partial charge in [0.25, 0.3) is 5.91 Å². The van der Waals surface area contributed by atoms with Crippen molar-refractivity contribution in [3.63, 3.8) is 0 Å². The number of benzene rings is 1. The normalized spacial score (nSPS) is 19.5. The van der Waals surface area contributed by atoms with Gasteiger partial charge in [0, 0.05) is 37.5 Å². The van der Waals surface area contributed by atoms with E-state index in [1.54, 1.807) is 6.20 Å². The van der Waals surface area contributed by atoms with E-state index in [9.17, 15) is 9.59 Å². The molecule has 1 aromatic heterocycles. The van der Waals surface area contributed by atoms with Gasteiger partial charge < -0.3 is 9.80 Å². The minimum absolute atomic E-state index is 0.0283. The molecule has 0 bridgehead atoms. The van der Waals surface area contributed by atoms with Crippen LogP contribution in [-0.2, 0) is 4.79 Å². The number of piperidine rings is 1. The van der Waals surface area contributed by atoms with Crippen LogP contribution in [0.25, 0.3) is 10.9 Å². The van der Waals surface area contributed by atoms with Crippen LogP contribution >= 0.6 is 0 Å². The number of H-pyrrole nitrogens is 1. The van der Waals surface area contributed by atoms with Crippen molar-refractivity contribution in [1.29, 1.82) is 0 Å². The van der Waals surface area contributed by atoms with Crippen molar-refractivity contribution < 1.29 is 9.59 Å². The van der Waals surface area contributed by atoms with Crippen molar-refractivity contribution in [2.45, 2.75) is 38.5 Å². The molecule has 6 nitrogen and oxygen atoms in total. The van der Waals surface area contributed by atoms with Crippen LogP contribution in [0, 0.1) is 5.92 Å². The zero-order chi connectivity index (χ0) is 17.9. The van der Waals surface area contributed by atoms with Crippen LogP contribution in [-0.4, -0.2) is 58.0 Å². The van der Waals surface area contributed by atoms with Gasteiger partial charge in [0.1, 0.15) is 0 Å². The molecule has 0 unspecified atom stereocenters. The molecule has 2 aromatic rings. The maximum atomic E-state index is 12.9. The lowest BCUT2D eigenvalue weighted by molar-refractivity contribution is -0.136. The Balaban J connectivity index is 1.39. The highest BCUT2D eigenvalue weighted by Gasteiger charge is 2.31. The van der Waals surface area contributed by atoms with Crippen LogP contribution in [0.5, 0.6) is 0 Å². The second kappa shape index (κ2) is 7.48. The summed E-state index contributed by atoms with van der Waals surface area (Å²) in [6, 6.07) is 5.68. The molecule has 0 saturated carbocycles. The molecule has 2 aliphatic heterocycles. The zero-order valence-corrected chi connectivity index (χ0v) is 15.1. The lowest BCUT2D eigenvalue weighted by Gasteiger charge is -2.34. The Morgan fingerprint density at radius 2 is 1.69 bits per heavy atom. The molecule has 26 heavy (non-hydrogen) atoms. The number of aromatic amines is 1. The summed E-state index contributed by atoms with van der Waals surface area (Å²) in [4.78, 5) is 29.7. The van der Waals surface area contributed by atoms with Gasteiger partial charge in [0.15, 0.2) is 0 Å². The summed E-state index contributed by atoms with van der Waals surface area (Å²) in [5, 5.41) is 7.91. The third-order valence-corrected chi connectivity index (χ3v) is 5.76. The molecular formula is C20H26N4O2. The highest BCUT2D eigenvalue weighted by atomic mass is 16.2. The molecule has 1 aromatic carbocycles. The van der Waals surface area contributed by atoms with Gasteiger partial charge in [-0.05, 0) is 31.7 Å². The molecule has 0 radical (unpaired) electrons. The van der Waals surface area contributed by atoms with Crippen LogP contribution < -0.4 is 0 Å². The number of hydrogen-bond donors (Lipinski definition) is 1. The molecule has 138 valence electrons. The van der Waals surface area contributed by atoms with Gasteiger partial charge >= 0.3 is 0 Å². The van der Waals surface area contributed by atoms with Crippen LogP contribution in [0.1, 0.15) is 48.9 Å². The van der Waals surface area contributed by atoms with Crippen molar-refractivity contribution in [1.82, 2.24) is 20.0 Å². The van der Waals surface area contributed by atoms with Crippen LogP contribution in [0.3, 0.4) is 0 Å². The third-order valence-electron chi connectivity index (χ3n) is 5.76. The number of rotatable bonds is 2. The number of amides is 2. The van der Waals surface area contributed by atoms with Gasteiger partial charge in [-0.3, -0.25) is 14.7 Å². The van der Waals surface area contributed by atoms with Crippen molar-refractivity contribution in [3.05, 3.63) is 30.0 Å². The summed E-state index contributed by atoms with van der Waals surface area (Å²) in [6.45, 7) is 3.10. The fourth-order valence-corrected chi connectivity index (χ4v) is 4.20. The first-order valence-corrected chi connectivity index (χ1v) is 9.74. The number of carbonyl (C=O) groups is 2. The minimum atomic E-state index is 0.0283. The molecule has 1 N–H and O–H groups in total. The summed E-state index contributed by atoms with van der Waals surface area (Å²) < 4.78 is 0. The Kier molecular flexibility index (Phi) is 4.91. The maximum Gasteiger partial charge on any atom is 0.256 e. The Bertz CT molecular complexity index is 784. The second-order valence-corrected chi connectivity index (χ2v) is 7.45. The fraction of sp³-hybridized carbons (Fsp3) is 0.550. The van der Waals surface area contributed by atoms with E-state index in [0.29, 0.717) is 24.6 Å². The number of aromatic nitrogens is 2. The lowest BCUT2D eigenvalue weighted by atomic mass is 9.94. The Labute approximate surface area is 153 Å². The average Bonchev–Trinajstić information content (AvgIpc) is 3.00. The molecular weight excluding hydrogens is 328 g/mol. The highest BCUT2D eigenvalue weighted by Crippen LogP contribution is 2.24. The Morgan fingerprint density at radius 1 is 0.962 bits per heavy atom. The first-order valence-electron chi connectivity index (χ1n) is 9.74. The number of para-hydroxylation sites is 1. The van der Waals surface area contributed by atoms with E-state index in [1.807, 2.05) is 23.1 Å². The monoisotopic (exact) mass is 354 g/mol. The van der Waals surface area contributed by atoms with Crippen molar-refractivity contribution in [2.24, 2.45) is 5.92 Å². The average molecular weight is 354 g/mol. The van der Waals surface area contributed by atoms with Gasteiger partial charge in [-0.15, -0.1) is 0 Å². The topological polar surface area (TPSA) is 69.3 Å². The van der Waals surface area contributed by atoms with Crippen molar-refractivity contribution in [2.75, 3.05) is 26.2 Å². The van der Waals surface area contributed by atoms with Gasteiger partial charge in [-0.2, -0.15) is 5.10 Å². The van der Waals surface area contributed by atoms with Gasteiger partial charge in [-0.1, -0.05) is 25.0 Å². The molecule has 2 aliphatic rings. The maximum absolute atomic E-state index is 12.9. The minimum Gasteiger partial charge on any atom is -0.342 e. The molecule has 0 spiro atoms. The summed E-state index contributed by atoms with van der Waals surface area (Å²) in [7, 11) is 0. The van der Waals surface area contributed by atoms with E-state index in [1.165, 1.54) is 12.8 Å². The van der Waals surface area contributed by atoms with Crippen LogP contribution in [0.2, 0.25) is 0 Å². The van der Waals surface area contributed by atoms with E-state index in [0.717, 1.165) is 49.7 Å². The standard InChI is InChI=1S/C20H26N4O2/c25-19(23-10-3-1-2-4-11-23)15-8-12-24(13-9-15)20(26)17-7-5-6-16-14-21-22-18(16)17/h5-7,14-15H,1-4,8-13H2,(H,21,22). The first kappa shape index (κ1) is 17.1. The summed E-state index contributed by atoms with van der Waals surface area (Å²) in [5.41, 5.74) is 1.46. The SMILES string of the molecule is O=C(c1cccc2cn[nH]c12)N1CCC(C(=O)N2CCCCCC2)CC1. The number of nitrogens with zero attached hydrogens (tertiary/aromatic N) is 3. The van der Waals surface area contributed by atoms with Crippen LogP contribution in [0.4, 0.5) is 0 Å². The number of fused-ring (bicyclic) bond motifs is 1. The molecule has 0 atom stereocenters. The number of carbonyl (C=O) groups excluding carboxylic acids is 2. The lowest BCUT2D eigenvalue weighted by Crippen LogP contribution is -2.44. The van der Waals surface area contributed by atoms with Crippen molar-refractivity contribution >= 4 is 22.7 Å². The Hall–Kier alpha value is -2.37. The van der Waals surface area contributed by atoms with Gasteiger partial charge in [0.05, 0.1) is 17.3 Å². The summed E-state index contributed by atoms with van der Waals surface area (Å²) in [6.07, 6.45) is 7.97. The number of hydrogen-bond acceptors (Lipinski definition) is 3. The van der Waals surface area contributed by atoms with Gasteiger partial charge in [0.2, 0.25) is 5.91 Å². The predicted octanol–water partition coefficient (Wildman–Crippen LogP) is 2.82. The molecule has 2 amide bonds. The first-order chi connectivity index (χ1) is 12.7.